The molecule has 0 spiro atoms. The molecule has 0 saturated carbocycles. The average molecular weight is 700 g/mol. The van der Waals surface area contributed by atoms with Gasteiger partial charge in [0.25, 0.3) is 5.91 Å². The van der Waals surface area contributed by atoms with Gasteiger partial charge in [0, 0.05) is 17.3 Å². The van der Waals surface area contributed by atoms with Crippen molar-refractivity contribution < 1.29 is 42.5 Å². The van der Waals surface area contributed by atoms with Crippen LogP contribution in [-0.4, -0.2) is 71.2 Å². The SMILES string of the molecule is CCOC(=O)c1sc(NC(=O)[C@@H](C)Sc2nnc(CNC(=O)c3cc(OC)cc(OC)c3)n2-c2ccc(F)cc2)c(C(=O)OCC)c1C. The third-order valence-electron chi connectivity index (χ3n) is 6.78. The second-order valence-electron chi connectivity index (χ2n) is 9.95. The standard InChI is InChI=1S/C32H34FN5O8S2/c1-7-45-30(41)25-17(3)26(31(42)46-8-2)48-29(25)35-27(39)18(4)47-32-37-36-24(38(32)21-11-9-20(33)10-12-21)16-34-28(40)19-13-22(43-5)15-23(14-19)44-6/h9-15,18H,7-8,16H2,1-6H3,(H,34,40)(H,35,39)/t18-/m1/s1. The van der Waals surface area contributed by atoms with Crippen LogP contribution in [0.4, 0.5) is 9.39 Å². The average Bonchev–Trinajstić information content (AvgIpc) is 3.63. The maximum Gasteiger partial charge on any atom is 0.348 e. The number of rotatable bonds is 14. The maximum absolute atomic E-state index is 13.8. The van der Waals surface area contributed by atoms with Crippen molar-refractivity contribution in [3.05, 3.63) is 75.7 Å². The number of nitrogens with one attached hydrogen (secondary N) is 2. The fraction of sp³-hybridized carbons (Fsp3) is 0.312. The van der Waals surface area contributed by atoms with Crippen LogP contribution in [0.2, 0.25) is 0 Å². The lowest BCUT2D eigenvalue weighted by atomic mass is 10.1. The Morgan fingerprint density at radius 2 is 1.58 bits per heavy atom. The van der Waals surface area contributed by atoms with Crippen molar-refractivity contribution in [2.45, 2.75) is 44.6 Å². The molecule has 0 aliphatic rings. The second-order valence-corrected chi connectivity index (χ2v) is 12.3. The monoisotopic (exact) mass is 699 g/mol. The van der Waals surface area contributed by atoms with Crippen LogP contribution in [0.3, 0.4) is 0 Å². The highest BCUT2D eigenvalue weighted by molar-refractivity contribution is 8.00. The van der Waals surface area contributed by atoms with E-state index in [-0.39, 0.29) is 45.9 Å². The fourth-order valence-electron chi connectivity index (χ4n) is 4.41. The summed E-state index contributed by atoms with van der Waals surface area (Å²) in [7, 11) is 2.95. The van der Waals surface area contributed by atoms with E-state index in [1.54, 1.807) is 50.5 Å². The third-order valence-corrected chi connectivity index (χ3v) is 9.01. The first-order chi connectivity index (χ1) is 23.0. The van der Waals surface area contributed by atoms with Crippen molar-refractivity contribution in [1.29, 1.82) is 0 Å². The number of carbonyl (C=O) groups excluding carboxylic acids is 4. The van der Waals surface area contributed by atoms with Crippen molar-refractivity contribution >= 4 is 51.9 Å². The molecule has 4 aromatic rings. The van der Waals surface area contributed by atoms with E-state index < -0.39 is 34.8 Å². The molecule has 2 aromatic heterocycles. The number of methoxy groups -OCH3 is 2. The highest BCUT2D eigenvalue weighted by atomic mass is 32.2. The Morgan fingerprint density at radius 1 is 0.958 bits per heavy atom. The number of anilines is 1. The fourth-order valence-corrected chi connectivity index (χ4v) is 6.39. The van der Waals surface area contributed by atoms with E-state index in [1.165, 1.54) is 38.5 Å². The first-order valence-electron chi connectivity index (χ1n) is 14.7. The van der Waals surface area contributed by atoms with Gasteiger partial charge in [0.1, 0.15) is 27.2 Å². The number of hydrogen-bond acceptors (Lipinski definition) is 12. The van der Waals surface area contributed by atoms with Gasteiger partial charge in [-0.05, 0) is 69.7 Å². The van der Waals surface area contributed by atoms with Gasteiger partial charge in [0.2, 0.25) is 5.91 Å². The summed E-state index contributed by atoms with van der Waals surface area (Å²) in [5.74, 6) is -1.53. The summed E-state index contributed by atoms with van der Waals surface area (Å²) in [6.45, 7) is 6.68. The molecule has 2 aromatic carbocycles. The normalized spacial score (nSPS) is 11.4. The first-order valence-corrected chi connectivity index (χ1v) is 16.4. The number of carbonyl (C=O) groups is 4. The molecule has 254 valence electrons. The molecular weight excluding hydrogens is 666 g/mol. The Kier molecular flexibility index (Phi) is 12.1. The van der Waals surface area contributed by atoms with Gasteiger partial charge in [-0.2, -0.15) is 0 Å². The molecule has 4 rings (SSSR count). The number of halogens is 1. The molecule has 2 N–H and O–H groups in total. The van der Waals surface area contributed by atoms with E-state index in [4.69, 9.17) is 18.9 Å². The smallest absolute Gasteiger partial charge is 0.348 e. The van der Waals surface area contributed by atoms with Crippen LogP contribution in [0.1, 0.15) is 62.5 Å². The zero-order valence-electron chi connectivity index (χ0n) is 27.0. The summed E-state index contributed by atoms with van der Waals surface area (Å²) in [5, 5.41) is 13.7. The van der Waals surface area contributed by atoms with Gasteiger partial charge in [-0.3, -0.25) is 14.2 Å². The summed E-state index contributed by atoms with van der Waals surface area (Å²) in [5.41, 5.74) is 1.18. The molecule has 16 heteroatoms. The van der Waals surface area contributed by atoms with Crippen molar-refractivity contribution in [2.75, 3.05) is 32.8 Å². The molecular formula is C32H34FN5O8S2. The molecule has 0 bridgehead atoms. The lowest BCUT2D eigenvalue weighted by Crippen LogP contribution is -2.25. The van der Waals surface area contributed by atoms with Gasteiger partial charge in [0.15, 0.2) is 11.0 Å². The largest absolute Gasteiger partial charge is 0.497 e. The highest BCUT2D eigenvalue weighted by Gasteiger charge is 2.29. The van der Waals surface area contributed by atoms with Gasteiger partial charge in [-0.15, -0.1) is 21.5 Å². The zero-order valence-corrected chi connectivity index (χ0v) is 28.7. The molecule has 2 amide bonds. The number of esters is 2. The van der Waals surface area contributed by atoms with Crippen molar-refractivity contribution in [2.24, 2.45) is 0 Å². The van der Waals surface area contributed by atoms with Crippen LogP contribution in [-0.2, 0) is 20.8 Å². The predicted octanol–water partition coefficient (Wildman–Crippen LogP) is 5.20. The van der Waals surface area contributed by atoms with Gasteiger partial charge in [-0.1, -0.05) is 11.8 Å². The van der Waals surface area contributed by atoms with Gasteiger partial charge in [-0.25, -0.2) is 14.0 Å². The number of amides is 2. The minimum atomic E-state index is -0.802. The first kappa shape index (κ1) is 35.9. The molecule has 48 heavy (non-hydrogen) atoms. The van der Waals surface area contributed by atoms with Crippen LogP contribution in [0.25, 0.3) is 5.69 Å². The minimum absolute atomic E-state index is 0.0663. The topological polar surface area (TPSA) is 160 Å². The molecule has 0 fully saturated rings. The Morgan fingerprint density at radius 3 is 2.19 bits per heavy atom. The van der Waals surface area contributed by atoms with Crippen LogP contribution >= 0.6 is 23.1 Å². The Bertz CT molecular complexity index is 1790. The van der Waals surface area contributed by atoms with Gasteiger partial charge < -0.3 is 29.6 Å². The molecule has 0 radical (unpaired) electrons. The van der Waals surface area contributed by atoms with E-state index in [0.29, 0.717) is 28.6 Å². The quantitative estimate of drug-likeness (QED) is 0.132. The summed E-state index contributed by atoms with van der Waals surface area (Å²) in [6, 6.07) is 10.3. The summed E-state index contributed by atoms with van der Waals surface area (Å²) in [4.78, 5) is 52.0. The summed E-state index contributed by atoms with van der Waals surface area (Å²) in [6.07, 6.45) is 0. The van der Waals surface area contributed by atoms with Crippen LogP contribution < -0.4 is 20.1 Å². The summed E-state index contributed by atoms with van der Waals surface area (Å²) < 4.78 is 36.2. The number of thiophene rings is 1. The maximum atomic E-state index is 13.8. The zero-order chi connectivity index (χ0) is 35.0. The van der Waals surface area contributed by atoms with E-state index >= 15 is 0 Å². The Labute approximate surface area is 284 Å². The van der Waals surface area contributed by atoms with E-state index in [0.717, 1.165) is 23.1 Å². The summed E-state index contributed by atoms with van der Waals surface area (Å²) >= 11 is 1.96. The number of nitrogens with zero attached hydrogens (tertiary/aromatic N) is 3. The highest BCUT2D eigenvalue weighted by Crippen LogP contribution is 2.35. The number of thioether (sulfide) groups is 1. The lowest BCUT2D eigenvalue weighted by Gasteiger charge is -2.14. The number of aromatic nitrogens is 3. The molecule has 0 saturated heterocycles. The molecule has 1 atom stereocenters. The van der Waals surface area contributed by atoms with Crippen LogP contribution in [0.5, 0.6) is 11.5 Å². The molecule has 0 aliphatic carbocycles. The second kappa shape index (κ2) is 16.2. The Hall–Kier alpha value is -4.96. The van der Waals surface area contributed by atoms with Crippen LogP contribution in [0, 0.1) is 12.7 Å². The molecule has 2 heterocycles. The van der Waals surface area contributed by atoms with Gasteiger partial charge >= 0.3 is 11.9 Å². The van der Waals surface area contributed by atoms with Crippen molar-refractivity contribution in [3.8, 4) is 17.2 Å². The predicted molar refractivity (Wildman–Crippen MR) is 177 cm³/mol. The van der Waals surface area contributed by atoms with E-state index in [1.807, 2.05) is 0 Å². The molecule has 0 aliphatic heterocycles. The van der Waals surface area contributed by atoms with E-state index in [9.17, 15) is 23.6 Å². The number of hydrogen-bond donors (Lipinski definition) is 2. The lowest BCUT2D eigenvalue weighted by molar-refractivity contribution is -0.115. The molecule has 13 nitrogen and oxygen atoms in total. The van der Waals surface area contributed by atoms with Crippen molar-refractivity contribution in [3.63, 3.8) is 0 Å². The Balaban J connectivity index is 1.59. The van der Waals surface area contributed by atoms with Crippen LogP contribution in [0.15, 0.2) is 47.6 Å². The van der Waals surface area contributed by atoms with Crippen molar-refractivity contribution in [1.82, 2.24) is 20.1 Å². The van der Waals surface area contributed by atoms with Gasteiger partial charge in [0.05, 0.1) is 44.8 Å². The number of benzene rings is 2. The molecule has 0 unspecified atom stereocenters. The number of ether oxygens (including phenoxy) is 4. The third kappa shape index (κ3) is 8.30. The minimum Gasteiger partial charge on any atom is -0.497 e. The van der Waals surface area contributed by atoms with E-state index in [2.05, 4.69) is 20.8 Å².